The Kier molecular flexibility index (Phi) is 8.22. The number of benzene rings is 1. The maximum absolute atomic E-state index is 12.6. The van der Waals surface area contributed by atoms with Crippen LogP contribution in [0.2, 0.25) is 0 Å². The first-order valence-electron chi connectivity index (χ1n) is 9.16. The lowest BCUT2D eigenvalue weighted by molar-refractivity contribution is -0.144. The van der Waals surface area contributed by atoms with Crippen molar-refractivity contribution < 1.29 is 32.6 Å². The van der Waals surface area contributed by atoms with E-state index < -0.39 is 19.2 Å². The number of amides is 1. The molecule has 6 nitrogen and oxygen atoms in total. The van der Waals surface area contributed by atoms with Crippen LogP contribution in [0.1, 0.15) is 38.2 Å². The third kappa shape index (κ3) is 6.51. The van der Waals surface area contributed by atoms with Crippen molar-refractivity contribution in [2.24, 2.45) is 5.92 Å². The summed E-state index contributed by atoms with van der Waals surface area (Å²) in [6, 6.07) is 4.62. The van der Waals surface area contributed by atoms with Gasteiger partial charge in [0.25, 0.3) is 5.91 Å². The van der Waals surface area contributed by atoms with Crippen LogP contribution >= 0.6 is 0 Å². The van der Waals surface area contributed by atoms with Gasteiger partial charge in [0.1, 0.15) is 0 Å². The predicted octanol–water partition coefficient (Wildman–Crippen LogP) is 3.55. The van der Waals surface area contributed by atoms with Crippen molar-refractivity contribution in [3.8, 4) is 11.5 Å². The minimum Gasteiger partial charge on any atom is -0.493 e. The van der Waals surface area contributed by atoms with Gasteiger partial charge in [0, 0.05) is 17.7 Å². The molecule has 1 aliphatic rings. The largest absolute Gasteiger partial charge is 0.493 e. The summed E-state index contributed by atoms with van der Waals surface area (Å²) in [5.74, 6) is -0.805. The van der Waals surface area contributed by atoms with E-state index in [4.69, 9.17) is 9.47 Å². The minimum atomic E-state index is -3.04. The lowest BCUT2D eigenvalue weighted by atomic mass is 9.86. The van der Waals surface area contributed by atoms with E-state index in [0.717, 1.165) is 31.8 Å². The third-order valence-corrected chi connectivity index (χ3v) is 4.64. The second-order valence-electron chi connectivity index (χ2n) is 6.63. The maximum atomic E-state index is 12.6. The molecule has 154 valence electrons. The molecular formula is C20H25F2NO5. The van der Waals surface area contributed by atoms with Gasteiger partial charge in [-0.05, 0) is 30.9 Å². The minimum absolute atomic E-state index is 0.0985. The summed E-state index contributed by atoms with van der Waals surface area (Å²) in [5.41, 5.74) is 0.220. The van der Waals surface area contributed by atoms with E-state index in [0.29, 0.717) is 5.92 Å². The van der Waals surface area contributed by atoms with E-state index in [1.807, 2.05) is 0 Å². The van der Waals surface area contributed by atoms with Crippen molar-refractivity contribution >= 4 is 18.0 Å². The van der Waals surface area contributed by atoms with E-state index in [2.05, 4.69) is 17.0 Å². The van der Waals surface area contributed by atoms with Crippen molar-refractivity contribution in [1.29, 1.82) is 0 Å². The second-order valence-corrected chi connectivity index (χ2v) is 6.63. The molecular weight excluding hydrogens is 372 g/mol. The molecule has 0 spiro atoms. The SMILES string of the molecule is COc1cccc(/C=C/C(=O)OCC(=O)N[C@@H]2CCCC[C@@H]2C)c1OC(F)F. The highest BCUT2D eigenvalue weighted by molar-refractivity contribution is 5.90. The molecule has 2 atom stereocenters. The van der Waals surface area contributed by atoms with Crippen LogP contribution in [0.4, 0.5) is 8.78 Å². The van der Waals surface area contributed by atoms with Gasteiger partial charge in [0.15, 0.2) is 18.1 Å². The molecule has 0 aliphatic heterocycles. The van der Waals surface area contributed by atoms with Gasteiger partial charge in [-0.15, -0.1) is 0 Å². The van der Waals surface area contributed by atoms with Crippen LogP contribution in [-0.2, 0) is 14.3 Å². The Bertz CT molecular complexity index is 708. The summed E-state index contributed by atoms with van der Waals surface area (Å²) in [5, 5.41) is 2.88. The van der Waals surface area contributed by atoms with Crippen molar-refractivity contribution in [1.82, 2.24) is 5.32 Å². The second kappa shape index (κ2) is 10.6. The number of alkyl halides is 2. The number of hydrogen-bond acceptors (Lipinski definition) is 5. The summed E-state index contributed by atoms with van der Waals surface area (Å²) < 4.78 is 39.6. The summed E-state index contributed by atoms with van der Waals surface area (Å²) in [4.78, 5) is 23.8. The molecule has 1 fully saturated rings. The maximum Gasteiger partial charge on any atom is 0.387 e. The molecule has 2 rings (SSSR count). The lowest BCUT2D eigenvalue weighted by Crippen LogP contribution is -2.42. The summed E-state index contributed by atoms with van der Waals surface area (Å²) >= 11 is 0. The van der Waals surface area contributed by atoms with E-state index in [1.165, 1.54) is 25.3 Å². The zero-order chi connectivity index (χ0) is 20.5. The lowest BCUT2D eigenvalue weighted by Gasteiger charge is -2.29. The number of rotatable bonds is 8. The van der Waals surface area contributed by atoms with Crippen LogP contribution in [0, 0.1) is 5.92 Å². The van der Waals surface area contributed by atoms with Crippen molar-refractivity contribution in [3.63, 3.8) is 0 Å². The number of halogens is 2. The number of methoxy groups -OCH3 is 1. The molecule has 0 saturated heterocycles. The Morgan fingerprint density at radius 2 is 2.04 bits per heavy atom. The third-order valence-electron chi connectivity index (χ3n) is 4.64. The first-order chi connectivity index (χ1) is 13.4. The van der Waals surface area contributed by atoms with Crippen LogP contribution in [-0.4, -0.2) is 38.2 Å². The van der Waals surface area contributed by atoms with Gasteiger partial charge in [0.05, 0.1) is 7.11 Å². The number of nitrogens with one attached hydrogen (secondary N) is 1. The molecule has 1 aromatic carbocycles. The smallest absolute Gasteiger partial charge is 0.387 e. The van der Waals surface area contributed by atoms with E-state index in [9.17, 15) is 18.4 Å². The van der Waals surface area contributed by atoms with Crippen molar-refractivity contribution in [2.75, 3.05) is 13.7 Å². The van der Waals surface area contributed by atoms with E-state index in [1.54, 1.807) is 6.07 Å². The van der Waals surface area contributed by atoms with E-state index >= 15 is 0 Å². The zero-order valence-corrected chi connectivity index (χ0v) is 16.0. The summed E-state index contributed by atoms with van der Waals surface area (Å²) in [7, 11) is 1.32. The Hall–Kier alpha value is -2.64. The quantitative estimate of drug-likeness (QED) is 0.536. The average molecular weight is 397 g/mol. The van der Waals surface area contributed by atoms with Gasteiger partial charge in [-0.3, -0.25) is 4.79 Å². The standard InChI is InChI=1S/C20H25F2NO5/c1-13-6-3-4-8-15(13)23-17(24)12-27-18(25)11-10-14-7-5-9-16(26-2)19(14)28-20(21)22/h5,7,9-11,13,15,20H,3-4,6,8,12H2,1-2H3,(H,23,24)/b11-10+/t13-,15+/m0/s1. The van der Waals surface area contributed by atoms with Crippen LogP contribution in [0.3, 0.4) is 0 Å². The van der Waals surface area contributed by atoms with Gasteiger partial charge < -0.3 is 19.5 Å². The summed E-state index contributed by atoms with van der Waals surface area (Å²) in [6.07, 6.45) is 6.53. The fraction of sp³-hybridized carbons (Fsp3) is 0.500. The average Bonchev–Trinajstić information content (AvgIpc) is 2.67. The summed E-state index contributed by atoms with van der Waals surface area (Å²) in [6.45, 7) is -1.35. The molecule has 0 bridgehead atoms. The molecule has 0 aromatic heterocycles. The Labute approximate surface area is 162 Å². The highest BCUT2D eigenvalue weighted by Crippen LogP contribution is 2.33. The number of carbonyl (C=O) groups excluding carboxylic acids is 2. The van der Waals surface area contributed by atoms with Crippen LogP contribution in [0.15, 0.2) is 24.3 Å². The fourth-order valence-corrected chi connectivity index (χ4v) is 3.16. The predicted molar refractivity (Wildman–Crippen MR) is 99.2 cm³/mol. The zero-order valence-electron chi connectivity index (χ0n) is 16.0. The van der Waals surface area contributed by atoms with Crippen LogP contribution in [0.5, 0.6) is 11.5 Å². The topological polar surface area (TPSA) is 73.9 Å². The number of para-hydroxylation sites is 1. The van der Waals surface area contributed by atoms with Gasteiger partial charge in [-0.1, -0.05) is 31.9 Å². The van der Waals surface area contributed by atoms with E-state index in [-0.39, 0.29) is 29.0 Å². The first kappa shape index (κ1) is 21.7. The molecule has 1 amide bonds. The molecule has 1 aliphatic carbocycles. The monoisotopic (exact) mass is 397 g/mol. The number of hydrogen-bond donors (Lipinski definition) is 1. The number of esters is 1. The molecule has 0 radical (unpaired) electrons. The number of carbonyl (C=O) groups is 2. The molecule has 0 heterocycles. The Morgan fingerprint density at radius 3 is 2.71 bits per heavy atom. The molecule has 8 heteroatoms. The first-order valence-corrected chi connectivity index (χ1v) is 9.16. The number of ether oxygens (including phenoxy) is 3. The van der Waals surface area contributed by atoms with Gasteiger partial charge in [-0.25, -0.2) is 4.79 Å². The van der Waals surface area contributed by atoms with Gasteiger partial charge in [0.2, 0.25) is 0 Å². The van der Waals surface area contributed by atoms with Crippen LogP contribution < -0.4 is 14.8 Å². The highest BCUT2D eigenvalue weighted by atomic mass is 19.3. The van der Waals surface area contributed by atoms with Gasteiger partial charge in [-0.2, -0.15) is 8.78 Å². The van der Waals surface area contributed by atoms with Gasteiger partial charge >= 0.3 is 12.6 Å². The van der Waals surface area contributed by atoms with Crippen molar-refractivity contribution in [3.05, 3.63) is 29.8 Å². The van der Waals surface area contributed by atoms with Crippen LogP contribution in [0.25, 0.3) is 6.08 Å². The Balaban J connectivity index is 1.90. The Morgan fingerprint density at radius 1 is 1.29 bits per heavy atom. The molecule has 1 saturated carbocycles. The fourth-order valence-electron chi connectivity index (χ4n) is 3.16. The molecule has 28 heavy (non-hydrogen) atoms. The van der Waals surface area contributed by atoms with Crippen molar-refractivity contribution in [2.45, 2.75) is 45.3 Å². The normalized spacial score (nSPS) is 19.5. The molecule has 1 aromatic rings. The highest BCUT2D eigenvalue weighted by Gasteiger charge is 2.23. The molecule has 0 unspecified atom stereocenters. The molecule has 1 N–H and O–H groups in total.